The molecule has 4 nitrogen and oxygen atoms in total. The second kappa shape index (κ2) is 4.77. The molecule has 1 aliphatic heterocycles. The summed E-state index contributed by atoms with van der Waals surface area (Å²) in [7, 11) is 1.65. The summed E-state index contributed by atoms with van der Waals surface area (Å²) in [6.45, 7) is 1.97. The Morgan fingerprint density at radius 1 is 1.26 bits per heavy atom. The van der Waals surface area contributed by atoms with E-state index in [1.54, 1.807) is 7.11 Å². The second-order valence-electron chi connectivity index (χ2n) is 4.72. The highest BCUT2D eigenvalue weighted by atomic mass is 16.5. The lowest BCUT2D eigenvalue weighted by molar-refractivity contribution is 0.415. The van der Waals surface area contributed by atoms with E-state index >= 15 is 0 Å². The summed E-state index contributed by atoms with van der Waals surface area (Å²) < 4.78 is 5.23. The van der Waals surface area contributed by atoms with Crippen LogP contribution in [0.2, 0.25) is 0 Å². The van der Waals surface area contributed by atoms with E-state index < -0.39 is 0 Å². The van der Waals surface area contributed by atoms with Crippen molar-refractivity contribution in [1.82, 2.24) is 4.98 Å². The van der Waals surface area contributed by atoms with Gasteiger partial charge in [0.2, 0.25) is 0 Å². The Hall–Kier alpha value is -2.28. The van der Waals surface area contributed by atoms with Gasteiger partial charge in [-0.2, -0.15) is 5.26 Å². The molecule has 0 unspecified atom stereocenters. The van der Waals surface area contributed by atoms with E-state index in [0.717, 1.165) is 35.6 Å². The summed E-state index contributed by atoms with van der Waals surface area (Å²) in [6.07, 6.45) is 2.34. The van der Waals surface area contributed by atoms with Gasteiger partial charge in [-0.15, -0.1) is 0 Å². The molecule has 0 bridgehead atoms. The van der Waals surface area contributed by atoms with Crippen molar-refractivity contribution in [2.75, 3.05) is 25.1 Å². The van der Waals surface area contributed by atoms with Gasteiger partial charge in [-0.3, -0.25) is 0 Å². The summed E-state index contributed by atoms with van der Waals surface area (Å²) in [5.74, 6) is 1.60. The van der Waals surface area contributed by atoms with Crippen molar-refractivity contribution < 1.29 is 4.74 Å². The maximum atomic E-state index is 9.30. The summed E-state index contributed by atoms with van der Waals surface area (Å²) in [4.78, 5) is 6.85. The molecule has 0 atom stereocenters. The summed E-state index contributed by atoms with van der Waals surface area (Å²) in [5.41, 5.74) is 1.53. The molecule has 1 aliphatic rings. The Bertz CT molecular complexity index is 654. The predicted octanol–water partition coefficient (Wildman–Crippen LogP) is 2.72. The molecule has 96 valence electrons. The van der Waals surface area contributed by atoms with Gasteiger partial charge in [0.15, 0.2) is 0 Å². The standard InChI is InChI=1S/C15H15N3O/c1-19-13-5-4-11-8-12(10-16)15(17-14(11)9-13)18-6-2-3-7-18/h4-5,8-9H,2-3,6-7H2,1H3. The lowest BCUT2D eigenvalue weighted by atomic mass is 10.1. The topological polar surface area (TPSA) is 49.1 Å². The smallest absolute Gasteiger partial charge is 0.147 e. The molecule has 0 aliphatic carbocycles. The van der Waals surface area contributed by atoms with Gasteiger partial charge >= 0.3 is 0 Å². The first-order valence-electron chi connectivity index (χ1n) is 6.45. The monoisotopic (exact) mass is 253 g/mol. The number of anilines is 1. The van der Waals surface area contributed by atoms with E-state index in [-0.39, 0.29) is 0 Å². The lowest BCUT2D eigenvalue weighted by Crippen LogP contribution is -2.20. The fraction of sp³-hybridized carbons (Fsp3) is 0.333. The normalized spacial score (nSPS) is 14.6. The second-order valence-corrected chi connectivity index (χ2v) is 4.72. The van der Waals surface area contributed by atoms with Crippen LogP contribution in [0.4, 0.5) is 5.82 Å². The zero-order chi connectivity index (χ0) is 13.2. The van der Waals surface area contributed by atoms with Gasteiger partial charge in [-0.05, 0) is 31.0 Å². The molecule has 0 amide bonds. The average molecular weight is 253 g/mol. The average Bonchev–Trinajstić information content (AvgIpc) is 2.99. The van der Waals surface area contributed by atoms with E-state index in [1.165, 1.54) is 12.8 Å². The van der Waals surface area contributed by atoms with Gasteiger partial charge in [0.25, 0.3) is 0 Å². The highest BCUT2D eigenvalue weighted by molar-refractivity contribution is 5.84. The zero-order valence-corrected chi connectivity index (χ0v) is 10.9. The molecule has 0 spiro atoms. The molecule has 0 N–H and O–H groups in total. The Labute approximate surface area is 112 Å². The molecule has 19 heavy (non-hydrogen) atoms. The number of nitriles is 1. The number of pyridine rings is 1. The first kappa shape index (κ1) is 11.8. The van der Waals surface area contributed by atoms with Gasteiger partial charge in [0, 0.05) is 24.5 Å². The molecule has 1 saturated heterocycles. The first-order valence-corrected chi connectivity index (χ1v) is 6.45. The number of ether oxygens (including phenoxy) is 1. The van der Waals surface area contributed by atoms with Crippen LogP contribution in [0, 0.1) is 11.3 Å². The lowest BCUT2D eigenvalue weighted by Gasteiger charge is -2.18. The van der Waals surface area contributed by atoms with Crippen LogP contribution < -0.4 is 9.64 Å². The van der Waals surface area contributed by atoms with Gasteiger partial charge in [-0.1, -0.05) is 0 Å². The van der Waals surface area contributed by atoms with Crippen molar-refractivity contribution in [3.05, 3.63) is 29.8 Å². The molecule has 3 rings (SSSR count). The number of nitrogens with zero attached hydrogens (tertiary/aromatic N) is 3. The molecular formula is C15H15N3O. The maximum absolute atomic E-state index is 9.30. The minimum atomic E-state index is 0.652. The van der Waals surface area contributed by atoms with Crippen LogP contribution in [0.15, 0.2) is 24.3 Å². The van der Waals surface area contributed by atoms with Crippen molar-refractivity contribution in [2.24, 2.45) is 0 Å². The van der Waals surface area contributed by atoms with Crippen LogP contribution in [-0.4, -0.2) is 25.2 Å². The van der Waals surface area contributed by atoms with Crippen LogP contribution in [0.25, 0.3) is 10.9 Å². The number of methoxy groups -OCH3 is 1. The summed E-state index contributed by atoms with van der Waals surface area (Å²) in [6, 6.07) is 9.91. The van der Waals surface area contributed by atoms with Gasteiger partial charge in [0.05, 0.1) is 18.2 Å². The molecule has 1 aromatic carbocycles. The SMILES string of the molecule is COc1ccc2cc(C#N)c(N3CCCC3)nc2c1. The maximum Gasteiger partial charge on any atom is 0.147 e. The van der Waals surface area contributed by atoms with Gasteiger partial charge in [-0.25, -0.2) is 4.98 Å². The van der Waals surface area contributed by atoms with Crippen LogP contribution >= 0.6 is 0 Å². The summed E-state index contributed by atoms with van der Waals surface area (Å²) >= 11 is 0. The van der Waals surface area contributed by atoms with Gasteiger partial charge in [0.1, 0.15) is 17.6 Å². The molecule has 4 heteroatoms. The molecule has 0 saturated carbocycles. The number of benzene rings is 1. The predicted molar refractivity (Wildman–Crippen MR) is 74.5 cm³/mol. The minimum Gasteiger partial charge on any atom is -0.497 e. The molecule has 1 aromatic heterocycles. The number of hydrogen-bond donors (Lipinski definition) is 0. The highest BCUT2D eigenvalue weighted by Gasteiger charge is 2.18. The van der Waals surface area contributed by atoms with E-state index in [1.807, 2.05) is 24.3 Å². The zero-order valence-electron chi connectivity index (χ0n) is 10.9. The highest BCUT2D eigenvalue weighted by Crippen LogP contribution is 2.27. The molecule has 1 fully saturated rings. The Balaban J connectivity index is 2.16. The number of hydrogen-bond acceptors (Lipinski definition) is 4. The number of fused-ring (bicyclic) bond motifs is 1. The largest absolute Gasteiger partial charge is 0.497 e. The van der Waals surface area contributed by atoms with E-state index in [4.69, 9.17) is 4.74 Å². The number of rotatable bonds is 2. The molecule has 0 radical (unpaired) electrons. The van der Waals surface area contributed by atoms with Crippen LogP contribution in [-0.2, 0) is 0 Å². The van der Waals surface area contributed by atoms with Crippen molar-refractivity contribution in [3.8, 4) is 11.8 Å². The number of aromatic nitrogens is 1. The van der Waals surface area contributed by atoms with Crippen LogP contribution in [0.1, 0.15) is 18.4 Å². The Morgan fingerprint density at radius 3 is 2.74 bits per heavy atom. The minimum absolute atomic E-state index is 0.652. The first-order chi connectivity index (χ1) is 9.31. The third-order valence-electron chi connectivity index (χ3n) is 3.53. The van der Waals surface area contributed by atoms with E-state index in [0.29, 0.717) is 5.56 Å². The fourth-order valence-electron chi connectivity index (χ4n) is 2.52. The van der Waals surface area contributed by atoms with Crippen LogP contribution in [0.3, 0.4) is 0 Å². The van der Waals surface area contributed by atoms with Crippen molar-refractivity contribution in [2.45, 2.75) is 12.8 Å². The quantitative estimate of drug-likeness (QED) is 0.825. The molecule has 2 aromatic rings. The Morgan fingerprint density at radius 2 is 2.05 bits per heavy atom. The van der Waals surface area contributed by atoms with Crippen molar-refractivity contribution in [3.63, 3.8) is 0 Å². The third kappa shape index (κ3) is 2.08. The molecular weight excluding hydrogens is 238 g/mol. The van der Waals surface area contributed by atoms with Crippen molar-refractivity contribution in [1.29, 1.82) is 5.26 Å². The van der Waals surface area contributed by atoms with Gasteiger partial charge < -0.3 is 9.64 Å². The van der Waals surface area contributed by atoms with Crippen LogP contribution in [0.5, 0.6) is 5.75 Å². The van der Waals surface area contributed by atoms with E-state index in [2.05, 4.69) is 16.0 Å². The fourth-order valence-corrected chi connectivity index (χ4v) is 2.52. The molecule has 2 heterocycles. The third-order valence-corrected chi connectivity index (χ3v) is 3.53. The Kier molecular flexibility index (Phi) is 2.96. The van der Waals surface area contributed by atoms with Crippen molar-refractivity contribution >= 4 is 16.7 Å². The summed E-state index contributed by atoms with van der Waals surface area (Å²) in [5, 5.41) is 10.3. The van der Waals surface area contributed by atoms with E-state index in [9.17, 15) is 5.26 Å².